The molecule has 1 aliphatic carbocycles. The summed E-state index contributed by atoms with van der Waals surface area (Å²) in [6.45, 7) is 2.04. The highest BCUT2D eigenvalue weighted by atomic mass is 35.5. The Labute approximate surface area is 126 Å². The van der Waals surface area contributed by atoms with Crippen molar-refractivity contribution in [1.29, 1.82) is 0 Å². The third-order valence-corrected chi connectivity index (χ3v) is 4.67. The van der Waals surface area contributed by atoms with Gasteiger partial charge in [0.25, 0.3) is 0 Å². The Bertz CT molecular complexity index is 460. The number of nitrogens with zero attached hydrogens (tertiary/aromatic N) is 1. The Hall–Kier alpha value is -1.06. The predicted molar refractivity (Wildman–Crippen MR) is 82.6 cm³/mol. The summed E-state index contributed by atoms with van der Waals surface area (Å²) in [6, 6.07) is 7.70. The third kappa shape index (κ3) is 3.33. The van der Waals surface area contributed by atoms with E-state index in [0.29, 0.717) is 5.02 Å². The lowest BCUT2D eigenvalue weighted by atomic mass is 9.84. The minimum absolute atomic E-state index is 0.0103. The van der Waals surface area contributed by atoms with Crippen LogP contribution in [0.1, 0.15) is 44.2 Å². The van der Waals surface area contributed by atoms with Gasteiger partial charge in [-0.15, -0.1) is 0 Å². The first-order chi connectivity index (χ1) is 9.50. The quantitative estimate of drug-likeness (QED) is 0.929. The Morgan fingerprint density at radius 1 is 1.30 bits per heavy atom. The van der Waals surface area contributed by atoms with Crippen LogP contribution in [0.5, 0.6) is 0 Å². The van der Waals surface area contributed by atoms with Gasteiger partial charge in [-0.25, -0.2) is 0 Å². The number of benzene rings is 1. The van der Waals surface area contributed by atoms with Gasteiger partial charge in [0.1, 0.15) is 0 Å². The molecule has 1 fully saturated rings. The van der Waals surface area contributed by atoms with Crippen molar-refractivity contribution in [2.45, 2.75) is 44.7 Å². The van der Waals surface area contributed by atoms with Crippen molar-refractivity contribution < 1.29 is 4.79 Å². The van der Waals surface area contributed by atoms with Crippen molar-refractivity contribution in [2.75, 3.05) is 7.05 Å². The van der Waals surface area contributed by atoms with E-state index < -0.39 is 0 Å². The van der Waals surface area contributed by atoms with Gasteiger partial charge < -0.3 is 10.6 Å². The number of carbonyl (C=O) groups is 1. The molecule has 0 aliphatic heterocycles. The van der Waals surface area contributed by atoms with E-state index >= 15 is 0 Å². The summed E-state index contributed by atoms with van der Waals surface area (Å²) in [4.78, 5) is 14.4. The fraction of sp³-hybridized carbons (Fsp3) is 0.562. The topological polar surface area (TPSA) is 46.3 Å². The second-order valence-electron chi connectivity index (χ2n) is 5.73. The number of halogens is 1. The molecule has 3 nitrogen and oxygen atoms in total. The van der Waals surface area contributed by atoms with Crippen LogP contribution in [0.4, 0.5) is 0 Å². The third-order valence-electron chi connectivity index (χ3n) is 4.42. The highest BCUT2D eigenvalue weighted by Crippen LogP contribution is 2.28. The summed E-state index contributed by atoms with van der Waals surface area (Å²) in [7, 11) is 1.86. The van der Waals surface area contributed by atoms with E-state index in [4.69, 9.17) is 17.3 Å². The molecule has 0 saturated heterocycles. The standard InChI is InChI=1S/C16H23ClN2O/c1-11(12-7-9-13(17)10-8-12)19(2)16(20)14-5-3-4-6-15(14)18/h7-11,14-15H,3-6,18H2,1-2H3. The zero-order valence-electron chi connectivity index (χ0n) is 12.2. The van der Waals surface area contributed by atoms with E-state index in [1.165, 1.54) is 0 Å². The van der Waals surface area contributed by atoms with E-state index in [1.807, 2.05) is 43.1 Å². The molecule has 0 aromatic heterocycles. The maximum atomic E-state index is 12.6. The molecule has 1 aliphatic rings. The highest BCUT2D eigenvalue weighted by molar-refractivity contribution is 6.30. The van der Waals surface area contributed by atoms with E-state index in [-0.39, 0.29) is 23.9 Å². The molecule has 20 heavy (non-hydrogen) atoms. The lowest BCUT2D eigenvalue weighted by Gasteiger charge is -2.34. The minimum Gasteiger partial charge on any atom is -0.339 e. The molecule has 2 rings (SSSR count). The first-order valence-electron chi connectivity index (χ1n) is 7.28. The Balaban J connectivity index is 2.07. The zero-order valence-corrected chi connectivity index (χ0v) is 12.9. The van der Waals surface area contributed by atoms with Crippen LogP contribution in [-0.2, 0) is 4.79 Å². The van der Waals surface area contributed by atoms with Crippen molar-refractivity contribution in [1.82, 2.24) is 4.90 Å². The Kier molecular flexibility index (Phi) is 5.06. The fourth-order valence-corrected chi connectivity index (χ4v) is 3.01. The first-order valence-corrected chi connectivity index (χ1v) is 7.66. The van der Waals surface area contributed by atoms with Gasteiger partial charge in [-0.2, -0.15) is 0 Å². The second-order valence-corrected chi connectivity index (χ2v) is 6.17. The summed E-state index contributed by atoms with van der Waals surface area (Å²) < 4.78 is 0. The van der Waals surface area contributed by atoms with Crippen LogP contribution in [0.3, 0.4) is 0 Å². The molecule has 0 bridgehead atoms. The van der Waals surface area contributed by atoms with Gasteiger partial charge in [0.2, 0.25) is 5.91 Å². The summed E-state index contributed by atoms with van der Waals surface area (Å²) in [6.07, 6.45) is 4.12. The maximum absolute atomic E-state index is 12.6. The molecule has 3 unspecified atom stereocenters. The molecule has 2 N–H and O–H groups in total. The summed E-state index contributed by atoms with van der Waals surface area (Å²) in [5.74, 6) is 0.142. The lowest BCUT2D eigenvalue weighted by Crippen LogP contribution is -2.45. The Morgan fingerprint density at radius 3 is 2.50 bits per heavy atom. The number of amides is 1. The minimum atomic E-state index is -0.0245. The van der Waals surface area contributed by atoms with Crippen LogP contribution in [0, 0.1) is 5.92 Å². The molecule has 1 amide bonds. The predicted octanol–water partition coefficient (Wildman–Crippen LogP) is 3.38. The van der Waals surface area contributed by atoms with Crippen molar-refractivity contribution in [2.24, 2.45) is 11.7 Å². The highest BCUT2D eigenvalue weighted by Gasteiger charge is 2.32. The van der Waals surface area contributed by atoms with Crippen LogP contribution < -0.4 is 5.73 Å². The van der Waals surface area contributed by atoms with E-state index in [0.717, 1.165) is 31.2 Å². The van der Waals surface area contributed by atoms with Gasteiger partial charge in [-0.3, -0.25) is 4.79 Å². The molecule has 1 aromatic rings. The summed E-state index contributed by atoms with van der Waals surface area (Å²) in [5.41, 5.74) is 7.20. The van der Waals surface area contributed by atoms with Crippen molar-refractivity contribution >= 4 is 17.5 Å². The van der Waals surface area contributed by atoms with Gasteiger partial charge in [0, 0.05) is 18.1 Å². The van der Waals surface area contributed by atoms with Gasteiger partial charge >= 0.3 is 0 Å². The average molecular weight is 295 g/mol. The smallest absolute Gasteiger partial charge is 0.227 e. The first kappa shape index (κ1) is 15.3. The molecule has 3 atom stereocenters. The molecule has 110 valence electrons. The van der Waals surface area contributed by atoms with Gasteiger partial charge in [0.15, 0.2) is 0 Å². The SMILES string of the molecule is CC(c1ccc(Cl)cc1)N(C)C(=O)C1CCCCC1N. The lowest BCUT2D eigenvalue weighted by molar-refractivity contribution is -0.137. The van der Waals surface area contributed by atoms with Crippen LogP contribution >= 0.6 is 11.6 Å². The van der Waals surface area contributed by atoms with Crippen molar-refractivity contribution in [3.05, 3.63) is 34.9 Å². The zero-order chi connectivity index (χ0) is 14.7. The largest absolute Gasteiger partial charge is 0.339 e. The molecule has 0 heterocycles. The van der Waals surface area contributed by atoms with Crippen LogP contribution in [0.25, 0.3) is 0 Å². The molecule has 1 saturated carbocycles. The summed E-state index contributed by atoms with van der Waals surface area (Å²) in [5, 5.41) is 0.712. The summed E-state index contributed by atoms with van der Waals surface area (Å²) >= 11 is 5.90. The molecular weight excluding hydrogens is 272 g/mol. The average Bonchev–Trinajstić information content (AvgIpc) is 2.46. The Morgan fingerprint density at radius 2 is 1.90 bits per heavy atom. The van der Waals surface area contributed by atoms with Gasteiger partial charge in [-0.05, 0) is 37.5 Å². The normalized spacial score (nSPS) is 24.2. The van der Waals surface area contributed by atoms with Crippen LogP contribution in [0.2, 0.25) is 5.02 Å². The van der Waals surface area contributed by atoms with Crippen molar-refractivity contribution in [3.8, 4) is 0 Å². The van der Waals surface area contributed by atoms with Crippen LogP contribution in [0.15, 0.2) is 24.3 Å². The molecule has 1 aromatic carbocycles. The molecule has 4 heteroatoms. The monoisotopic (exact) mass is 294 g/mol. The van der Waals surface area contributed by atoms with Crippen molar-refractivity contribution in [3.63, 3.8) is 0 Å². The second kappa shape index (κ2) is 6.59. The number of rotatable bonds is 3. The van der Waals surface area contributed by atoms with Crippen LogP contribution in [-0.4, -0.2) is 23.9 Å². The molecule has 0 radical (unpaired) electrons. The van der Waals surface area contributed by atoms with E-state index in [2.05, 4.69) is 0 Å². The maximum Gasteiger partial charge on any atom is 0.227 e. The van der Waals surface area contributed by atoms with Gasteiger partial charge in [-0.1, -0.05) is 36.6 Å². The molecular formula is C16H23ClN2O. The van der Waals surface area contributed by atoms with E-state index in [1.54, 1.807) is 0 Å². The fourth-order valence-electron chi connectivity index (χ4n) is 2.88. The number of hydrogen-bond acceptors (Lipinski definition) is 2. The number of hydrogen-bond donors (Lipinski definition) is 1. The molecule has 0 spiro atoms. The van der Waals surface area contributed by atoms with Gasteiger partial charge in [0.05, 0.1) is 12.0 Å². The van der Waals surface area contributed by atoms with E-state index in [9.17, 15) is 4.79 Å². The number of carbonyl (C=O) groups excluding carboxylic acids is 1. The number of nitrogens with two attached hydrogens (primary N) is 1.